The molecular weight excluding hydrogens is 1080 g/mol. The highest BCUT2D eigenvalue weighted by atomic mass is 16.7. The van der Waals surface area contributed by atoms with E-state index in [4.69, 9.17) is 33.2 Å². The van der Waals surface area contributed by atoms with Crippen molar-refractivity contribution in [3.63, 3.8) is 0 Å². The number of hydrogen-bond donors (Lipinski definition) is 2. The molecule has 0 unspecified atom stereocenters. The van der Waals surface area contributed by atoms with Gasteiger partial charge in [-0.25, -0.2) is 4.79 Å². The summed E-state index contributed by atoms with van der Waals surface area (Å²) >= 11 is 0. The summed E-state index contributed by atoms with van der Waals surface area (Å²) < 4.78 is 44.6. The fourth-order valence-electron chi connectivity index (χ4n) is 11.3. The van der Waals surface area contributed by atoms with Gasteiger partial charge in [-0.3, -0.25) is 14.4 Å². The van der Waals surface area contributed by atoms with E-state index in [0.29, 0.717) is 19.4 Å². The molecular formula is C73H108N2O11. The molecule has 0 saturated carbocycles. The molecule has 4 aromatic carbocycles. The molecule has 1 heterocycles. The highest BCUT2D eigenvalue weighted by Crippen LogP contribution is 2.32. The van der Waals surface area contributed by atoms with Crippen LogP contribution in [0.1, 0.15) is 223 Å². The minimum Gasteiger partial charge on any atom is -0.467 e. The van der Waals surface area contributed by atoms with Crippen LogP contribution >= 0.6 is 0 Å². The molecule has 0 bridgehead atoms. The number of hydrogen-bond acceptors (Lipinski definition) is 11. The molecule has 0 spiro atoms. The average molecular weight is 1190 g/mol. The molecule has 0 radical (unpaired) electrons. The number of nitrogens with one attached hydrogen (secondary N) is 2. The Balaban J connectivity index is 1.37. The first kappa shape index (κ1) is 71.3. The van der Waals surface area contributed by atoms with Gasteiger partial charge in [-0.05, 0) is 48.4 Å². The highest BCUT2D eigenvalue weighted by molar-refractivity contribution is 5.91. The third-order valence-electron chi connectivity index (χ3n) is 16.5. The molecule has 13 nitrogen and oxygen atoms in total. The lowest BCUT2D eigenvalue weighted by Gasteiger charge is -2.45. The zero-order valence-electron chi connectivity index (χ0n) is 53.0. The Morgan fingerprint density at radius 1 is 0.430 bits per heavy atom. The van der Waals surface area contributed by atoms with Gasteiger partial charge in [0.1, 0.15) is 37.0 Å². The van der Waals surface area contributed by atoms with Crippen LogP contribution in [0.15, 0.2) is 121 Å². The summed E-state index contributed by atoms with van der Waals surface area (Å²) in [6, 6.07) is 36.4. The van der Waals surface area contributed by atoms with E-state index < -0.39 is 60.6 Å². The van der Waals surface area contributed by atoms with E-state index in [9.17, 15) is 19.2 Å². The second-order valence-corrected chi connectivity index (χ2v) is 23.7. The standard InChI is InChI=1S/C73H108N2O11/c1-5-7-9-11-13-15-17-19-21-23-25-39-49-63(50-40-26-24-22-20-18-16-14-12-10-8-6-2)70(77)75-65(71(78)74-64(72(79)80-4)51-52-66(76)81-53-59-41-31-27-32-42-59)57-85-73-69(84-56-62-47-37-30-38-48-62)68(83-55-61-45-35-29-36-46-61)67(58(3)86-73)82-54-60-43-33-28-34-44-60/h27-38,41-48,58,63-65,67-69,73H,5-26,39-40,49-57H2,1-4H3,(H,74,78)(H,75,77)/t58-,64-,65+,67+,68+,69-,73+/m0/s1. The van der Waals surface area contributed by atoms with Gasteiger partial charge in [-0.15, -0.1) is 0 Å². The van der Waals surface area contributed by atoms with Crippen LogP contribution in [-0.2, 0) is 78.8 Å². The predicted molar refractivity (Wildman–Crippen MR) is 342 cm³/mol. The van der Waals surface area contributed by atoms with Crippen molar-refractivity contribution in [1.82, 2.24) is 10.6 Å². The van der Waals surface area contributed by atoms with Gasteiger partial charge in [-0.2, -0.15) is 0 Å². The van der Waals surface area contributed by atoms with Crippen LogP contribution in [0, 0.1) is 5.92 Å². The Morgan fingerprint density at radius 2 is 0.802 bits per heavy atom. The number of benzene rings is 4. The van der Waals surface area contributed by atoms with Crippen molar-refractivity contribution < 1.29 is 52.3 Å². The van der Waals surface area contributed by atoms with Crippen LogP contribution in [0.5, 0.6) is 0 Å². The normalized spacial score (nSPS) is 17.4. The molecule has 476 valence electrons. The number of esters is 2. The maximum atomic E-state index is 14.9. The molecule has 86 heavy (non-hydrogen) atoms. The van der Waals surface area contributed by atoms with Gasteiger partial charge >= 0.3 is 11.9 Å². The first-order chi connectivity index (χ1) is 42.2. The predicted octanol–water partition coefficient (Wildman–Crippen LogP) is 16.0. The van der Waals surface area contributed by atoms with Crippen LogP contribution in [0.2, 0.25) is 0 Å². The Bertz CT molecular complexity index is 2330. The number of rotatable bonds is 48. The fraction of sp³-hybridized carbons (Fsp3) is 0.616. The largest absolute Gasteiger partial charge is 0.467 e. The van der Waals surface area contributed by atoms with Crippen LogP contribution in [0.25, 0.3) is 0 Å². The number of carbonyl (C=O) groups is 4. The van der Waals surface area contributed by atoms with E-state index in [1.807, 2.05) is 128 Å². The Morgan fingerprint density at radius 3 is 1.22 bits per heavy atom. The van der Waals surface area contributed by atoms with E-state index in [1.54, 1.807) is 0 Å². The molecule has 13 heteroatoms. The van der Waals surface area contributed by atoms with E-state index >= 15 is 0 Å². The number of carbonyl (C=O) groups excluding carboxylic acids is 4. The second kappa shape index (κ2) is 44.9. The molecule has 7 atom stereocenters. The van der Waals surface area contributed by atoms with Crippen molar-refractivity contribution in [2.24, 2.45) is 5.92 Å². The monoisotopic (exact) mass is 1190 g/mol. The van der Waals surface area contributed by atoms with Crippen LogP contribution in [-0.4, -0.2) is 80.3 Å². The minimum absolute atomic E-state index is 0.0655. The minimum atomic E-state index is -1.30. The van der Waals surface area contributed by atoms with Gasteiger partial charge in [0.05, 0.1) is 39.6 Å². The Labute approximate surface area is 517 Å². The van der Waals surface area contributed by atoms with Crippen molar-refractivity contribution in [2.75, 3.05) is 13.7 Å². The van der Waals surface area contributed by atoms with E-state index in [-0.39, 0.29) is 51.1 Å². The van der Waals surface area contributed by atoms with Crippen molar-refractivity contribution in [3.8, 4) is 0 Å². The molecule has 1 saturated heterocycles. The van der Waals surface area contributed by atoms with Gasteiger partial charge in [0.15, 0.2) is 6.29 Å². The molecule has 2 N–H and O–H groups in total. The van der Waals surface area contributed by atoms with Gasteiger partial charge in [0.25, 0.3) is 0 Å². The van der Waals surface area contributed by atoms with E-state index in [1.165, 1.54) is 123 Å². The summed E-state index contributed by atoms with van der Waals surface area (Å²) in [5.41, 5.74) is 3.68. The summed E-state index contributed by atoms with van der Waals surface area (Å²) in [6.45, 7) is 6.87. The Hall–Kier alpha value is -5.44. The molecule has 1 aliphatic heterocycles. The Kier molecular flexibility index (Phi) is 37.2. The fourth-order valence-corrected chi connectivity index (χ4v) is 11.3. The first-order valence-electron chi connectivity index (χ1n) is 33.3. The summed E-state index contributed by atoms with van der Waals surface area (Å²) in [4.78, 5) is 56.4. The van der Waals surface area contributed by atoms with Gasteiger partial charge in [-0.1, -0.05) is 289 Å². The number of methoxy groups -OCH3 is 1. The van der Waals surface area contributed by atoms with Gasteiger partial charge < -0.3 is 43.8 Å². The average Bonchev–Trinajstić information content (AvgIpc) is 2.64. The third kappa shape index (κ3) is 29.5. The molecule has 5 rings (SSSR count). The SMILES string of the molecule is CCCCCCCCCCCCCCC(CCCCCCCCCCCCCC)C(=O)N[C@H](CO[C@@H]1O[C@@H](C)[C@@H](OCc2ccccc2)[C@@H](OCc2ccccc2)[C@@H]1OCc1ccccc1)C(=O)N[C@@H](CCC(=O)OCc1ccccc1)C(=O)OC. The highest BCUT2D eigenvalue weighted by Gasteiger charge is 2.48. The van der Waals surface area contributed by atoms with Crippen molar-refractivity contribution in [3.05, 3.63) is 144 Å². The summed E-state index contributed by atoms with van der Waals surface area (Å²) in [6.07, 6.45) is 26.4. The lowest BCUT2D eigenvalue weighted by molar-refractivity contribution is -0.320. The summed E-state index contributed by atoms with van der Waals surface area (Å²) in [5.74, 6) is -2.54. The van der Waals surface area contributed by atoms with E-state index in [2.05, 4.69) is 24.5 Å². The smallest absolute Gasteiger partial charge is 0.328 e. The van der Waals surface area contributed by atoms with Gasteiger partial charge in [0, 0.05) is 12.3 Å². The van der Waals surface area contributed by atoms with Crippen molar-refractivity contribution >= 4 is 23.8 Å². The molecule has 1 fully saturated rings. The topological polar surface area (TPSA) is 157 Å². The summed E-state index contributed by atoms with van der Waals surface area (Å²) in [7, 11) is 1.23. The van der Waals surface area contributed by atoms with Crippen LogP contribution < -0.4 is 10.6 Å². The molecule has 0 aliphatic carbocycles. The molecule has 4 aromatic rings. The quantitative estimate of drug-likeness (QED) is 0.0320. The van der Waals surface area contributed by atoms with E-state index in [0.717, 1.165) is 60.8 Å². The molecule has 0 aromatic heterocycles. The number of unbranched alkanes of at least 4 members (excludes halogenated alkanes) is 22. The van der Waals surface area contributed by atoms with Crippen molar-refractivity contribution in [2.45, 2.75) is 270 Å². The number of ether oxygens (including phenoxy) is 7. The molecule has 2 amide bonds. The third-order valence-corrected chi connectivity index (χ3v) is 16.5. The van der Waals surface area contributed by atoms with Crippen LogP contribution in [0.4, 0.5) is 0 Å². The van der Waals surface area contributed by atoms with Crippen LogP contribution in [0.3, 0.4) is 0 Å². The lowest BCUT2D eigenvalue weighted by atomic mass is 9.92. The van der Waals surface area contributed by atoms with Crippen molar-refractivity contribution in [1.29, 1.82) is 0 Å². The zero-order valence-corrected chi connectivity index (χ0v) is 53.0. The lowest BCUT2D eigenvalue weighted by Crippen LogP contribution is -2.61. The molecule has 1 aliphatic rings. The maximum absolute atomic E-state index is 14.9. The number of amides is 2. The first-order valence-corrected chi connectivity index (χ1v) is 33.3. The van der Waals surface area contributed by atoms with Gasteiger partial charge in [0.2, 0.25) is 11.8 Å². The summed E-state index contributed by atoms with van der Waals surface area (Å²) in [5, 5.41) is 5.96. The zero-order chi connectivity index (χ0) is 61.1. The maximum Gasteiger partial charge on any atom is 0.328 e. The second-order valence-electron chi connectivity index (χ2n) is 23.7.